The fraction of sp³-hybridized carbons (Fsp3) is 0.615. The van der Waals surface area contributed by atoms with Gasteiger partial charge in [0.25, 0.3) is 0 Å². The van der Waals surface area contributed by atoms with Crippen molar-refractivity contribution in [3.05, 3.63) is 16.1 Å². The van der Waals surface area contributed by atoms with Gasteiger partial charge in [0.2, 0.25) is 0 Å². The van der Waals surface area contributed by atoms with Gasteiger partial charge in [-0.25, -0.2) is 4.98 Å². The summed E-state index contributed by atoms with van der Waals surface area (Å²) in [6, 6.07) is 2.19. The van der Waals surface area contributed by atoms with Gasteiger partial charge in [-0.1, -0.05) is 23.2 Å². The van der Waals surface area contributed by atoms with E-state index in [2.05, 4.69) is 27.1 Å². The average Bonchev–Trinajstić information content (AvgIpc) is 2.38. The summed E-state index contributed by atoms with van der Waals surface area (Å²) in [5.74, 6) is 1.45. The molecular weight excluding hydrogens is 283 g/mol. The molecule has 19 heavy (non-hydrogen) atoms. The minimum atomic E-state index is 0.439. The van der Waals surface area contributed by atoms with Crippen LogP contribution in [0.3, 0.4) is 0 Å². The largest absolute Gasteiger partial charge is 0.372 e. The standard InChI is InChI=1S/C13H20Cl2N4/c1-16-12-10(14)7-11(15)13(17-12)19(3)9-5-4-6-18(2)8-9/h7,9H,4-6,8H2,1-3H3,(H,16,17). The summed E-state index contributed by atoms with van der Waals surface area (Å²) in [6.07, 6.45) is 2.37. The molecule has 1 saturated heterocycles. The van der Waals surface area contributed by atoms with Gasteiger partial charge in [-0.15, -0.1) is 0 Å². The molecule has 1 N–H and O–H groups in total. The van der Waals surface area contributed by atoms with E-state index in [4.69, 9.17) is 23.2 Å². The Hall–Kier alpha value is -0.710. The number of aromatic nitrogens is 1. The zero-order valence-electron chi connectivity index (χ0n) is 11.6. The van der Waals surface area contributed by atoms with E-state index in [1.54, 1.807) is 13.1 Å². The SMILES string of the molecule is CNc1nc(N(C)C2CCCN(C)C2)c(Cl)cc1Cl. The van der Waals surface area contributed by atoms with E-state index in [-0.39, 0.29) is 0 Å². The number of likely N-dealkylation sites (N-methyl/N-ethyl adjacent to an activating group) is 2. The van der Waals surface area contributed by atoms with Crippen molar-refractivity contribution in [2.75, 3.05) is 44.4 Å². The summed E-state index contributed by atoms with van der Waals surface area (Å²) in [4.78, 5) is 9.03. The van der Waals surface area contributed by atoms with E-state index < -0.39 is 0 Å². The maximum absolute atomic E-state index is 6.28. The fourth-order valence-electron chi connectivity index (χ4n) is 2.51. The van der Waals surface area contributed by atoms with Crippen molar-refractivity contribution in [3.8, 4) is 0 Å². The van der Waals surface area contributed by atoms with Crippen LogP contribution in [0.15, 0.2) is 6.07 Å². The van der Waals surface area contributed by atoms with E-state index in [0.717, 1.165) is 25.3 Å². The molecule has 4 nitrogen and oxygen atoms in total. The molecular formula is C13H20Cl2N4. The molecule has 1 aromatic heterocycles. The quantitative estimate of drug-likeness (QED) is 0.930. The van der Waals surface area contributed by atoms with Gasteiger partial charge in [0.05, 0.1) is 10.0 Å². The second-order valence-corrected chi connectivity index (χ2v) is 5.86. The lowest BCUT2D eigenvalue weighted by Crippen LogP contribution is -2.45. The number of nitrogens with zero attached hydrogens (tertiary/aromatic N) is 3. The van der Waals surface area contributed by atoms with Gasteiger partial charge in [0.1, 0.15) is 11.6 Å². The molecule has 1 unspecified atom stereocenters. The molecule has 1 aliphatic heterocycles. The molecule has 1 atom stereocenters. The zero-order chi connectivity index (χ0) is 14.0. The number of anilines is 2. The summed E-state index contributed by atoms with van der Waals surface area (Å²) in [6.45, 7) is 2.19. The fourth-order valence-corrected chi connectivity index (χ4v) is 3.09. The first kappa shape index (κ1) is 14.7. The molecule has 6 heteroatoms. The first-order valence-corrected chi connectivity index (χ1v) is 7.23. The predicted octanol–water partition coefficient (Wildman–Crippen LogP) is 2.96. The Kier molecular flexibility index (Phi) is 4.76. The number of rotatable bonds is 3. The average molecular weight is 303 g/mol. The highest BCUT2D eigenvalue weighted by Crippen LogP contribution is 2.32. The molecule has 0 saturated carbocycles. The molecule has 0 aliphatic carbocycles. The molecule has 0 bridgehead atoms. The third-order valence-corrected chi connectivity index (χ3v) is 4.20. The van der Waals surface area contributed by atoms with E-state index in [0.29, 0.717) is 21.9 Å². The maximum atomic E-state index is 6.28. The number of pyridine rings is 1. The van der Waals surface area contributed by atoms with Crippen LogP contribution in [0.25, 0.3) is 0 Å². The molecule has 2 rings (SSSR count). The lowest BCUT2D eigenvalue weighted by Gasteiger charge is -2.36. The van der Waals surface area contributed by atoms with Crippen molar-refractivity contribution in [1.82, 2.24) is 9.88 Å². The smallest absolute Gasteiger partial charge is 0.149 e. The zero-order valence-corrected chi connectivity index (χ0v) is 13.1. The van der Waals surface area contributed by atoms with Crippen molar-refractivity contribution in [2.24, 2.45) is 0 Å². The molecule has 0 aromatic carbocycles. The van der Waals surface area contributed by atoms with Crippen LogP contribution in [-0.4, -0.2) is 50.2 Å². The molecule has 1 fully saturated rings. The first-order chi connectivity index (χ1) is 9.02. The maximum Gasteiger partial charge on any atom is 0.149 e. The Morgan fingerprint density at radius 3 is 2.79 bits per heavy atom. The molecule has 1 aliphatic rings. The summed E-state index contributed by atoms with van der Waals surface area (Å²) >= 11 is 12.4. The number of halogens is 2. The second-order valence-electron chi connectivity index (χ2n) is 5.04. The number of hydrogen-bond donors (Lipinski definition) is 1. The molecule has 0 radical (unpaired) electrons. The number of piperidine rings is 1. The van der Waals surface area contributed by atoms with Gasteiger partial charge in [0.15, 0.2) is 0 Å². The monoisotopic (exact) mass is 302 g/mol. The van der Waals surface area contributed by atoms with Crippen LogP contribution in [0.2, 0.25) is 10.0 Å². The highest BCUT2D eigenvalue weighted by Gasteiger charge is 2.24. The lowest BCUT2D eigenvalue weighted by molar-refractivity contribution is 0.247. The van der Waals surface area contributed by atoms with Gasteiger partial charge < -0.3 is 15.1 Å². The molecule has 2 heterocycles. The third-order valence-electron chi connectivity index (χ3n) is 3.63. The first-order valence-electron chi connectivity index (χ1n) is 6.48. The van der Waals surface area contributed by atoms with Crippen molar-refractivity contribution in [3.63, 3.8) is 0 Å². The van der Waals surface area contributed by atoms with Gasteiger partial charge >= 0.3 is 0 Å². The van der Waals surface area contributed by atoms with Gasteiger partial charge in [-0.3, -0.25) is 0 Å². The molecule has 1 aromatic rings. The highest BCUT2D eigenvalue weighted by molar-refractivity contribution is 6.37. The van der Waals surface area contributed by atoms with Crippen molar-refractivity contribution in [1.29, 1.82) is 0 Å². The molecule has 106 valence electrons. The summed E-state index contributed by atoms with van der Waals surface area (Å²) in [7, 11) is 6.00. The Morgan fingerprint density at radius 1 is 1.42 bits per heavy atom. The van der Waals surface area contributed by atoms with Crippen LogP contribution in [-0.2, 0) is 0 Å². The van der Waals surface area contributed by atoms with E-state index >= 15 is 0 Å². The number of likely N-dealkylation sites (tertiary alicyclic amines) is 1. The molecule has 0 spiro atoms. The third kappa shape index (κ3) is 3.25. The molecule has 0 amide bonds. The van der Waals surface area contributed by atoms with Gasteiger partial charge in [-0.05, 0) is 32.5 Å². The second kappa shape index (κ2) is 6.16. The van der Waals surface area contributed by atoms with E-state index in [9.17, 15) is 0 Å². The van der Waals surface area contributed by atoms with Crippen LogP contribution in [0.1, 0.15) is 12.8 Å². The van der Waals surface area contributed by atoms with E-state index in [1.807, 2.05) is 7.05 Å². The Labute approximate surface area is 124 Å². The topological polar surface area (TPSA) is 31.4 Å². The lowest BCUT2D eigenvalue weighted by atomic mass is 10.1. The van der Waals surface area contributed by atoms with Gasteiger partial charge in [-0.2, -0.15) is 0 Å². The van der Waals surface area contributed by atoms with Crippen LogP contribution >= 0.6 is 23.2 Å². The predicted molar refractivity (Wildman–Crippen MR) is 82.7 cm³/mol. The minimum absolute atomic E-state index is 0.439. The Morgan fingerprint density at radius 2 is 2.16 bits per heavy atom. The Balaban J connectivity index is 2.25. The van der Waals surface area contributed by atoms with E-state index in [1.165, 1.54) is 6.42 Å². The minimum Gasteiger partial charge on any atom is -0.372 e. The Bertz CT molecular complexity index is 453. The van der Waals surface area contributed by atoms with Crippen molar-refractivity contribution in [2.45, 2.75) is 18.9 Å². The number of hydrogen-bond acceptors (Lipinski definition) is 4. The van der Waals surface area contributed by atoms with Crippen molar-refractivity contribution < 1.29 is 0 Å². The van der Waals surface area contributed by atoms with Crippen LogP contribution in [0.4, 0.5) is 11.6 Å². The number of nitrogens with one attached hydrogen (secondary N) is 1. The highest BCUT2D eigenvalue weighted by atomic mass is 35.5. The van der Waals surface area contributed by atoms with Crippen LogP contribution in [0, 0.1) is 0 Å². The summed E-state index contributed by atoms with van der Waals surface area (Å²) < 4.78 is 0. The van der Waals surface area contributed by atoms with Crippen LogP contribution < -0.4 is 10.2 Å². The summed E-state index contributed by atoms with van der Waals surface area (Å²) in [5.41, 5.74) is 0. The van der Waals surface area contributed by atoms with Crippen molar-refractivity contribution >= 4 is 34.8 Å². The van der Waals surface area contributed by atoms with Crippen LogP contribution in [0.5, 0.6) is 0 Å². The summed E-state index contributed by atoms with van der Waals surface area (Å²) in [5, 5.41) is 4.13. The van der Waals surface area contributed by atoms with Gasteiger partial charge in [0, 0.05) is 26.7 Å². The normalized spacial score (nSPS) is 20.4.